The summed E-state index contributed by atoms with van der Waals surface area (Å²) < 4.78 is 5.31. The van der Waals surface area contributed by atoms with Crippen LogP contribution in [0.25, 0.3) is 0 Å². The van der Waals surface area contributed by atoms with E-state index in [2.05, 4.69) is 10.6 Å². The Morgan fingerprint density at radius 2 is 1.74 bits per heavy atom. The van der Waals surface area contributed by atoms with Gasteiger partial charge in [0, 0.05) is 12.1 Å². The van der Waals surface area contributed by atoms with Gasteiger partial charge in [-0.25, -0.2) is 4.79 Å². The number of aryl methyl sites for hydroxylation is 1. The van der Waals surface area contributed by atoms with Crippen LogP contribution in [0.4, 0.5) is 4.79 Å². The Labute approximate surface area is 208 Å². The SMILES string of the molecule is Cc1cccc(C(C(=O)NC(C)C)N(C(=O)C(CC(N)=O)NC(=O)OC(C)(C)C)C2CCC2)c1C. The predicted molar refractivity (Wildman–Crippen MR) is 133 cm³/mol. The topological polar surface area (TPSA) is 131 Å². The Morgan fingerprint density at radius 3 is 2.23 bits per heavy atom. The summed E-state index contributed by atoms with van der Waals surface area (Å²) in [7, 11) is 0. The van der Waals surface area contributed by atoms with Crippen molar-refractivity contribution in [2.75, 3.05) is 0 Å². The minimum Gasteiger partial charge on any atom is -0.444 e. The van der Waals surface area contributed by atoms with E-state index in [1.807, 2.05) is 45.9 Å². The minimum absolute atomic E-state index is 0.144. The number of hydrogen-bond acceptors (Lipinski definition) is 5. The van der Waals surface area contributed by atoms with Crippen LogP contribution in [0.5, 0.6) is 0 Å². The Hall–Kier alpha value is -3.10. The second-order valence-electron chi connectivity index (χ2n) is 10.6. The van der Waals surface area contributed by atoms with Gasteiger partial charge in [0.2, 0.25) is 17.7 Å². The fourth-order valence-corrected chi connectivity index (χ4v) is 4.06. The van der Waals surface area contributed by atoms with E-state index < -0.39 is 42.0 Å². The number of nitrogens with zero attached hydrogens (tertiary/aromatic N) is 1. The van der Waals surface area contributed by atoms with E-state index in [1.165, 1.54) is 4.90 Å². The van der Waals surface area contributed by atoms with Crippen LogP contribution in [0.2, 0.25) is 0 Å². The number of alkyl carbamates (subject to hydrolysis) is 1. The van der Waals surface area contributed by atoms with Crippen molar-refractivity contribution in [2.45, 2.75) is 104 Å². The molecule has 9 heteroatoms. The molecule has 0 aliphatic heterocycles. The number of amides is 4. The zero-order valence-electron chi connectivity index (χ0n) is 21.9. The molecule has 1 fully saturated rings. The van der Waals surface area contributed by atoms with Crippen LogP contribution >= 0.6 is 0 Å². The van der Waals surface area contributed by atoms with Crippen molar-refractivity contribution < 1.29 is 23.9 Å². The normalized spacial score (nSPS) is 15.5. The van der Waals surface area contributed by atoms with E-state index in [1.54, 1.807) is 20.8 Å². The molecule has 9 nitrogen and oxygen atoms in total. The summed E-state index contributed by atoms with van der Waals surface area (Å²) in [5.74, 6) is -1.60. The molecule has 1 saturated carbocycles. The Bertz CT molecular complexity index is 950. The molecule has 4 amide bonds. The average molecular weight is 489 g/mol. The van der Waals surface area contributed by atoms with Crippen molar-refractivity contribution >= 4 is 23.8 Å². The molecular formula is C26H40N4O5. The van der Waals surface area contributed by atoms with Crippen LogP contribution in [0.3, 0.4) is 0 Å². The molecule has 0 saturated heterocycles. The molecule has 1 aromatic rings. The third kappa shape index (κ3) is 7.70. The van der Waals surface area contributed by atoms with Crippen molar-refractivity contribution in [3.8, 4) is 0 Å². The van der Waals surface area contributed by atoms with Crippen molar-refractivity contribution in [3.05, 3.63) is 34.9 Å². The first kappa shape index (κ1) is 28.1. The van der Waals surface area contributed by atoms with Crippen molar-refractivity contribution in [3.63, 3.8) is 0 Å². The first-order valence-electron chi connectivity index (χ1n) is 12.2. The van der Waals surface area contributed by atoms with Gasteiger partial charge in [-0.3, -0.25) is 14.4 Å². The predicted octanol–water partition coefficient (Wildman–Crippen LogP) is 3.02. The summed E-state index contributed by atoms with van der Waals surface area (Å²) in [6.45, 7) is 12.7. The largest absolute Gasteiger partial charge is 0.444 e. The first-order valence-corrected chi connectivity index (χ1v) is 12.2. The molecule has 2 unspecified atom stereocenters. The summed E-state index contributed by atoms with van der Waals surface area (Å²) in [6, 6.07) is 3.11. The zero-order valence-corrected chi connectivity index (χ0v) is 21.9. The molecule has 194 valence electrons. The molecule has 4 N–H and O–H groups in total. The fourth-order valence-electron chi connectivity index (χ4n) is 4.06. The van der Waals surface area contributed by atoms with Gasteiger partial charge >= 0.3 is 6.09 Å². The highest BCUT2D eigenvalue weighted by molar-refractivity contribution is 5.95. The van der Waals surface area contributed by atoms with Crippen LogP contribution in [-0.4, -0.2) is 52.4 Å². The van der Waals surface area contributed by atoms with Gasteiger partial charge in [-0.1, -0.05) is 18.2 Å². The summed E-state index contributed by atoms with van der Waals surface area (Å²) in [4.78, 5) is 53.4. The lowest BCUT2D eigenvalue weighted by molar-refractivity contribution is -0.148. The Balaban J connectivity index is 2.55. The molecule has 0 heterocycles. The molecule has 35 heavy (non-hydrogen) atoms. The number of carbonyl (C=O) groups excluding carboxylic acids is 4. The second kappa shape index (κ2) is 11.6. The van der Waals surface area contributed by atoms with Crippen LogP contribution < -0.4 is 16.4 Å². The smallest absolute Gasteiger partial charge is 0.408 e. The van der Waals surface area contributed by atoms with E-state index in [-0.39, 0.29) is 18.0 Å². The second-order valence-corrected chi connectivity index (χ2v) is 10.6. The van der Waals surface area contributed by atoms with E-state index in [9.17, 15) is 19.2 Å². The van der Waals surface area contributed by atoms with Gasteiger partial charge in [0.05, 0.1) is 6.42 Å². The summed E-state index contributed by atoms with van der Waals surface area (Å²) in [6.07, 6.45) is 1.11. The standard InChI is InChI=1S/C26H40N4O5/c1-15(2)28-23(32)22(19-13-8-10-16(3)17(19)4)30(18-11-9-12-18)24(33)20(14-21(27)31)29-25(34)35-26(5,6)7/h8,10,13,15,18,20,22H,9,11-12,14H2,1-7H3,(H2,27,31)(H,28,32)(H,29,34). The highest BCUT2D eigenvalue weighted by Gasteiger charge is 2.43. The Morgan fingerprint density at radius 1 is 1.11 bits per heavy atom. The maximum Gasteiger partial charge on any atom is 0.408 e. The lowest BCUT2D eigenvalue weighted by atomic mass is 9.86. The number of nitrogens with one attached hydrogen (secondary N) is 2. The van der Waals surface area contributed by atoms with Crippen LogP contribution in [-0.2, 0) is 19.1 Å². The lowest BCUT2D eigenvalue weighted by Gasteiger charge is -2.44. The van der Waals surface area contributed by atoms with Crippen molar-refractivity contribution in [2.24, 2.45) is 5.73 Å². The first-order chi connectivity index (χ1) is 16.2. The third-order valence-electron chi connectivity index (χ3n) is 6.02. The van der Waals surface area contributed by atoms with Crippen molar-refractivity contribution in [1.82, 2.24) is 15.5 Å². The molecule has 1 aliphatic carbocycles. The van der Waals surface area contributed by atoms with Gasteiger partial charge in [-0.2, -0.15) is 0 Å². The zero-order chi connectivity index (χ0) is 26.5. The van der Waals surface area contributed by atoms with E-state index >= 15 is 0 Å². The summed E-state index contributed by atoms with van der Waals surface area (Å²) in [5, 5.41) is 5.46. The number of primary amides is 1. The van der Waals surface area contributed by atoms with Gasteiger partial charge < -0.3 is 26.0 Å². The van der Waals surface area contributed by atoms with Gasteiger partial charge in [0.15, 0.2) is 0 Å². The van der Waals surface area contributed by atoms with Crippen LogP contribution in [0.15, 0.2) is 18.2 Å². The number of hydrogen-bond donors (Lipinski definition) is 3. The number of benzene rings is 1. The minimum atomic E-state index is -1.26. The van der Waals surface area contributed by atoms with Crippen molar-refractivity contribution in [1.29, 1.82) is 0 Å². The lowest BCUT2D eigenvalue weighted by Crippen LogP contribution is -2.58. The maximum atomic E-state index is 14.0. The molecule has 0 aromatic heterocycles. The highest BCUT2D eigenvalue weighted by atomic mass is 16.6. The summed E-state index contributed by atoms with van der Waals surface area (Å²) >= 11 is 0. The number of rotatable bonds is 9. The van der Waals surface area contributed by atoms with Gasteiger partial charge in [-0.15, -0.1) is 0 Å². The number of carbonyl (C=O) groups is 4. The van der Waals surface area contributed by atoms with Gasteiger partial charge in [0.1, 0.15) is 17.7 Å². The molecule has 2 atom stereocenters. The van der Waals surface area contributed by atoms with E-state index in [0.717, 1.165) is 30.4 Å². The molecule has 0 radical (unpaired) electrons. The number of ether oxygens (including phenoxy) is 1. The average Bonchev–Trinajstić information content (AvgIpc) is 2.65. The fraction of sp³-hybridized carbons (Fsp3) is 0.615. The Kier molecular flexibility index (Phi) is 9.29. The molecule has 1 aliphatic rings. The van der Waals surface area contributed by atoms with Gasteiger partial charge in [0.25, 0.3) is 0 Å². The highest BCUT2D eigenvalue weighted by Crippen LogP contribution is 2.35. The van der Waals surface area contributed by atoms with E-state index in [4.69, 9.17) is 10.5 Å². The van der Waals surface area contributed by atoms with Gasteiger partial charge in [-0.05, 0) is 84.4 Å². The molecule has 2 rings (SSSR count). The van der Waals surface area contributed by atoms with E-state index in [0.29, 0.717) is 5.56 Å². The van der Waals surface area contributed by atoms with Crippen LogP contribution in [0, 0.1) is 13.8 Å². The number of nitrogens with two attached hydrogens (primary N) is 1. The molecule has 0 bridgehead atoms. The molecular weight excluding hydrogens is 448 g/mol. The quantitative estimate of drug-likeness (QED) is 0.492. The third-order valence-corrected chi connectivity index (χ3v) is 6.02. The monoisotopic (exact) mass is 488 g/mol. The summed E-state index contributed by atoms with van der Waals surface area (Å²) in [5.41, 5.74) is 7.24. The molecule has 1 aromatic carbocycles. The maximum absolute atomic E-state index is 14.0. The molecule has 0 spiro atoms. The van der Waals surface area contributed by atoms with Crippen LogP contribution in [0.1, 0.15) is 83.0 Å².